The van der Waals surface area contributed by atoms with Gasteiger partial charge in [-0.05, 0) is 43.7 Å². The summed E-state index contributed by atoms with van der Waals surface area (Å²) in [6.07, 6.45) is 6.53. The van der Waals surface area contributed by atoms with Gasteiger partial charge < -0.3 is 14.8 Å². The molecule has 34 heavy (non-hydrogen) atoms. The van der Waals surface area contributed by atoms with Crippen LogP contribution in [0.1, 0.15) is 46.1 Å². The van der Waals surface area contributed by atoms with Crippen molar-refractivity contribution < 1.29 is 23.9 Å². The maximum absolute atomic E-state index is 13.8. The Hall–Kier alpha value is -2.73. The Morgan fingerprint density at radius 2 is 1.85 bits per heavy atom. The van der Waals surface area contributed by atoms with Crippen molar-refractivity contribution >= 4 is 17.7 Å². The molecule has 3 heterocycles. The average molecular weight is 464 g/mol. The summed E-state index contributed by atoms with van der Waals surface area (Å²) in [5, 5.41) is 3.21. The molecule has 6 heteroatoms. The van der Waals surface area contributed by atoms with Gasteiger partial charge in [-0.15, -0.1) is 0 Å². The Bertz CT molecular complexity index is 1080. The number of epoxide rings is 1. The van der Waals surface area contributed by atoms with Gasteiger partial charge in [0.05, 0.1) is 24.0 Å². The summed E-state index contributed by atoms with van der Waals surface area (Å²) in [7, 11) is 0. The molecule has 4 aliphatic rings. The molecule has 1 spiro atoms. The number of ketones is 1. The fraction of sp³-hybridized carbons (Fsp3) is 0.536. The lowest BCUT2D eigenvalue weighted by Crippen LogP contribution is -2.61. The van der Waals surface area contributed by atoms with E-state index in [0.29, 0.717) is 18.4 Å². The van der Waals surface area contributed by atoms with E-state index in [1.165, 1.54) is 0 Å². The third-order valence-corrected chi connectivity index (χ3v) is 8.58. The van der Waals surface area contributed by atoms with Crippen molar-refractivity contribution in [3.8, 4) is 0 Å². The fourth-order valence-electron chi connectivity index (χ4n) is 6.50. The van der Waals surface area contributed by atoms with Crippen molar-refractivity contribution in [1.29, 1.82) is 0 Å². The van der Waals surface area contributed by atoms with E-state index in [9.17, 15) is 14.4 Å². The van der Waals surface area contributed by atoms with Gasteiger partial charge in [0, 0.05) is 17.9 Å². The predicted molar refractivity (Wildman–Crippen MR) is 127 cm³/mol. The van der Waals surface area contributed by atoms with Crippen LogP contribution in [0.15, 0.2) is 54.1 Å². The summed E-state index contributed by atoms with van der Waals surface area (Å²) in [6.45, 7) is 7.83. The van der Waals surface area contributed by atoms with E-state index in [0.717, 1.165) is 5.56 Å². The van der Waals surface area contributed by atoms with Crippen molar-refractivity contribution in [2.45, 2.75) is 70.3 Å². The van der Waals surface area contributed by atoms with E-state index in [2.05, 4.69) is 31.3 Å². The zero-order chi connectivity index (χ0) is 24.3. The lowest BCUT2D eigenvalue weighted by molar-refractivity contribution is -0.181. The molecule has 0 radical (unpaired) electrons. The zero-order valence-corrected chi connectivity index (χ0v) is 20.2. The minimum Gasteiger partial charge on any atom is -0.448 e. The van der Waals surface area contributed by atoms with Crippen molar-refractivity contribution in [1.82, 2.24) is 5.32 Å². The first-order valence-corrected chi connectivity index (χ1v) is 12.3. The number of allylic oxidation sites excluding steroid dienone is 2. The van der Waals surface area contributed by atoms with Crippen LogP contribution in [0.5, 0.6) is 0 Å². The third-order valence-electron chi connectivity index (χ3n) is 8.58. The molecule has 1 aliphatic carbocycles. The first-order chi connectivity index (χ1) is 16.2. The topological polar surface area (TPSA) is 85.0 Å². The number of carbonyl (C=O) groups is 3. The number of ether oxygens (including phenoxy) is 2. The number of carbonyl (C=O) groups excluding carboxylic acids is 3. The maximum atomic E-state index is 13.8. The molecule has 1 saturated carbocycles. The summed E-state index contributed by atoms with van der Waals surface area (Å²) < 4.78 is 12.5. The van der Waals surface area contributed by atoms with Crippen LogP contribution in [-0.4, -0.2) is 41.0 Å². The SMILES string of the molecule is CC1=CCC(=O)O[C@@]23C(=O)N[C@@H](Cc4ccccc4)[C@@H]2[C@H](C)[C@@]2(C)O[C@H]2[C@@H]3/C=C/C[C@H](C)C1=O. The summed E-state index contributed by atoms with van der Waals surface area (Å²) >= 11 is 0. The van der Waals surface area contributed by atoms with Crippen LogP contribution in [0.25, 0.3) is 0 Å². The predicted octanol–water partition coefficient (Wildman–Crippen LogP) is 3.55. The molecule has 180 valence electrons. The Balaban J connectivity index is 1.58. The highest BCUT2D eigenvalue weighted by Gasteiger charge is 2.78. The number of amides is 1. The highest BCUT2D eigenvalue weighted by atomic mass is 16.6. The van der Waals surface area contributed by atoms with Gasteiger partial charge in [0.2, 0.25) is 5.60 Å². The summed E-state index contributed by atoms with van der Waals surface area (Å²) in [5.41, 5.74) is -0.0388. The minimum absolute atomic E-state index is 0.00768. The smallest absolute Gasteiger partial charge is 0.310 e. The Kier molecular flexibility index (Phi) is 5.55. The van der Waals surface area contributed by atoms with Crippen molar-refractivity contribution in [2.75, 3.05) is 0 Å². The van der Waals surface area contributed by atoms with E-state index in [4.69, 9.17) is 9.47 Å². The molecule has 6 nitrogen and oxygen atoms in total. The molecule has 1 aromatic carbocycles. The number of benzene rings is 1. The second-order valence-corrected chi connectivity index (χ2v) is 10.6. The zero-order valence-electron chi connectivity index (χ0n) is 20.2. The lowest BCUT2D eigenvalue weighted by Gasteiger charge is -2.46. The summed E-state index contributed by atoms with van der Waals surface area (Å²) in [5.74, 6) is -1.55. The molecule has 1 amide bonds. The molecular formula is C28H33NO5. The Morgan fingerprint density at radius 3 is 2.59 bits per heavy atom. The summed E-state index contributed by atoms with van der Waals surface area (Å²) in [4.78, 5) is 39.5. The van der Waals surface area contributed by atoms with E-state index in [1.807, 2.05) is 37.3 Å². The van der Waals surface area contributed by atoms with Gasteiger partial charge in [0.1, 0.15) is 0 Å². The van der Waals surface area contributed by atoms with Crippen molar-refractivity contribution in [3.63, 3.8) is 0 Å². The molecule has 1 N–H and O–H groups in total. The van der Waals surface area contributed by atoms with E-state index in [-0.39, 0.29) is 53.6 Å². The highest BCUT2D eigenvalue weighted by Crippen LogP contribution is 2.63. The molecular weight excluding hydrogens is 430 g/mol. The molecule has 8 atom stereocenters. The van der Waals surface area contributed by atoms with E-state index >= 15 is 0 Å². The monoisotopic (exact) mass is 463 g/mol. The number of Topliss-reactive ketones (excluding diaryl/α,β-unsaturated/α-hetero) is 1. The van der Waals surface area contributed by atoms with Gasteiger partial charge in [0.15, 0.2) is 5.78 Å². The van der Waals surface area contributed by atoms with Crippen LogP contribution >= 0.6 is 0 Å². The maximum Gasteiger partial charge on any atom is 0.310 e. The van der Waals surface area contributed by atoms with Crippen LogP contribution in [0.3, 0.4) is 0 Å². The first kappa shape index (κ1) is 23.0. The molecule has 1 aromatic rings. The van der Waals surface area contributed by atoms with Crippen LogP contribution in [-0.2, 0) is 30.3 Å². The van der Waals surface area contributed by atoms with Gasteiger partial charge in [-0.1, -0.05) is 62.4 Å². The molecule has 3 aliphatic heterocycles. The van der Waals surface area contributed by atoms with E-state index < -0.39 is 17.5 Å². The first-order valence-electron chi connectivity index (χ1n) is 12.3. The van der Waals surface area contributed by atoms with E-state index in [1.54, 1.807) is 13.0 Å². The van der Waals surface area contributed by atoms with Gasteiger partial charge in [-0.3, -0.25) is 14.4 Å². The van der Waals surface area contributed by atoms with Crippen LogP contribution < -0.4 is 5.32 Å². The Morgan fingerprint density at radius 1 is 1.12 bits per heavy atom. The number of hydrogen-bond acceptors (Lipinski definition) is 5. The molecule has 5 rings (SSSR count). The third kappa shape index (κ3) is 3.46. The Labute approximate surface area is 200 Å². The number of esters is 1. The normalized spacial score (nSPS) is 42.6. The van der Waals surface area contributed by atoms with Crippen molar-refractivity contribution in [3.05, 3.63) is 59.7 Å². The van der Waals surface area contributed by atoms with Gasteiger partial charge in [-0.2, -0.15) is 0 Å². The van der Waals surface area contributed by atoms with Gasteiger partial charge in [0.25, 0.3) is 5.91 Å². The second-order valence-electron chi connectivity index (χ2n) is 10.6. The fourth-order valence-corrected chi connectivity index (χ4v) is 6.50. The molecule has 3 fully saturated rings. The second kappa shape index (κ2) is 8.19. The van der Waals surface area contributed by atoms with Crippen LogP contribution in [0, 0.1) is 23.7 Å². The van der Waals surface area contributed by atoms with Gasteiger partial charge >= 0.3 is 5.97 Å². The molecule has 0 bridgehead atoms. The average Bonchev–Trinajstić information content (AvgIpc) is 3.43. The highest BCUT2D eigenvalue weighted by molar-refractivity contribution is 5.97. The van der Waals surface area contributed by atoms with Crippen LogP contribution in [0.4, 0.5) is 0 Å². The number of rotatable bonds is 2. The lowest BCUT2D eigenvalue weighted by atomic mass is 9.59. The quantitative estimate of drug-likeness (QED) is 0.412. The van der Waals surface area contributed by atoms with Crippen molar-refractivity contribution in [2.24, 2.45) is 23.7 Å². The minimum atomic E-state index is -1.33. The number of nitrogens with one attached hydrogen (secondary N) is 1. The summed E-state index contributed by atoms with van der Waals surface area (Å²) in [6, 6.07) is 9.89. The molecule has 2 saturated heterocycles. The van der Waals surface area contributed by atoms with Crippen LogP contribution in [0.2, 0.25) is 0 Å². The molecule has 0 unspecified atom stereocenters. The number of fused-ring (bicyclic) bond motifs is 2. The largest absolute Gasteiger partial charge is 0.448 e. The molecule has 0 aromatic heterocycles. The standard InChI is InChI=1S/C28H33NO5/c1-16-9-8-12-20-25-27(4,34-25)18(3)23-21(15-19-10-6-5-7-11-19)29-26(32)28(20,23)33-22(30)14-13-17(2)24(16)31/h5-8,10-13,16,18,20-21,23,25H,9,14-15H2,1-4H3,(H,29,32)/b12-8+,17-13?/t16-,18-,20-,21-,23-,25-,27+,28+/m0/s1. The van der Waals surface area contributed by atoms with Gasteiger partial charge in [-0.25, -0.2) is 0 Å². The number of hydrogen-bond donors (Lipinski definition) is 1.